The first kappa shape index (κ1) is 20.7. The van der Waals surface area contributed by atoms with Crippen LogP contribution in [0.5, 0.6) is 0 Å². The summed E-state index contributed by atoms with van der Waals surface area (Å²) in [5, 5.41) is 6.63. The Balaban J connectivity index is 1.82. The lowest BCUT2D eigenvalue weighted by Crippen LogP contribution is -2.40. The smallest absolute Gasteiger partial charge is 0.191 e. The molecule has 0 spiro atoms. The third-order valence-corrected chi connectivity index (χ3v) is 5.86. The minimum Gasteiger partial charge on any atom is -0.357 e. The number of likely N-dealkylation sites (N-methyl/N-ethyl adjacent to an activating group) is 1. The maximum absolute atomic E-state index is 11.5. The molecule has 2 N–H and O–H groups in total. The van der Waals surface area contributed by atoms with E-state index in [-0.39, 0.29) is 0 Å². The Morgan fingerprint density at radius 1 is 1.27 bits per heavy atom. The SMILES string of the molecule is CCNC(=NCC(C)N(C)C1CC1)NCCc1ccc(S(C)(=O)=O)cc1. The van der Waals surface area contributed by atoms with E-state index in [0.29, 0.717) is 10.9 Å². The Kier molecular flexibility index (Phi) is 7.46. The summed E-state index contributed by atoms with van der Waals surface area (Å²) < 4.78 is 23.0. The van der Waals surface area contributed by atoms with Crippen LogP contribution < -0.4 is 10.6 Å². The zero-order valence-electron chi connectivity index (χ0n) is 16.3. The van der Waals surface area contributed by atoms with E-state index in [0.717, 1.165) is 43.6 Å². The summed E-state index contributed by atoms with van der Waals surface area (Å²) in [6.07, 6.45) is 4.65. The van der Waals surface area contributed by atoms with Crippen molar-refractivity contribution in [2.75, 3.05) is 32.9 Å². The van der Waals surface area contributed by atoms with Crippen molar-refractivity contribution in [2.24, 2.45) is 4.99 Å². The second-order valence-corrected chi connectivity index (χ2v) is 9.07. The van der Waals surface area contributed by atoms with Crippen molar-refractivity contribution in [3.05, 3.63) is 29.8 Å². The van der Waals surface area contributed by atoms with Gasteiger partial charge in [-0.1, -0.05) is 12.1 Å². The number of rotatable bonds is 9. The predicted molar refractivity (Wildman–Crippen MR) is 107 cm³/mol. The number of hydrogen-bond acceptors (Lipinski definition) is 4. The number of hydrogen-bond donors (Lipinski definition) is 2. The van der Waals surface area contributed by atoms with Gasteiger partial charge in [0.05, 0.1) is 11.4 Å². The zero-order chi connectivity index (χ0) is 19.2. The first-order valence-corrected chi connectivity index (χ1v) is 11.2. The molecule has 1 aromatic carbocycles. The van der Waals surface area contributed by atoms with Crippen LogP contribution in [0.25, 0.3) is 0 Å². The van der Waals surface area contributed by atoms with Crippen LogP contribution in [-0.4, -0.2) is 64.3 Å². The third-order valence-electron chi connectivity index (χ3n) is 4.73. The second-order valence-electron chi connectivity index (χ2n) is 7.06. The Hall–Kier alpha value is -1.60. The lowest BCUT2D eigenvalue weighted by molar-refractivity contribution is 0.253. The molecular weight excluding hydrogens is 348 g/mol. The first-order chi connectivity index (χ1) is 12.3. The fourth-order valence-electron chi connectivity index (χ4n) is 2.76. The van der Waals surface area contributed by atoms with Gasteiger partial charge in [-0.15, -0.1) is 0 Å². The Morgan fingerprint density at radius 2 is 1.92 bits per heavy atom. The van der Waals surface area contributed by atoms with Crippen molar-refractivity contribution in [3.8, 4) is 0 Å². The molecule has 1 saturated carbocycles. The summed E-state index contributed by atoms with van der Waals surface area (Å²) in [5.74, 6) is 0.830. The lowest BCUT2D eigenvalue weighted by atomic mass is 10.1. The van der Waals surface area contributed by atoms with Gasteiger partial charge in [0.1, 0.15) is 0 Å². The van der Waals surface area contributed by atoms with Gasteiger partial charge in [0, 0.05) is 31.4 Å². The van der Waals surface area contributed by atoms with Crippen molar-refractivity contribution in [1.29, 1.82) is 0 Å². The molecule has 1 aromatic rings. The first-order valence-electron chi connectivity index (χ1n) is 9.34. The molecule has 0 aromatic heterocycles. The molecule has 1 atom stereocenters. The molecule has 1 unspecified atom stereocenters. The molecule has 0 radical (unpaired) electrons. The number of guanidine groups is 1. The Bertz CT molecular complexity index is 697. The Morgan fingerprint density at radius 3 is 2.46 bits per heavy atom. The fourth-order valence-corrected chi connectivity index (χ4v) is 3.39. The highest BCUT2D eigenvalue weighted by Crippen LogP contribution is 2.26. The van der Waals surface area contributed by atoms with Crippen LogP contribution in [0.15, 0.2) is 34.2 Å². The van der Waals surface area contributed by atoms with Crippen LogP contribution in [0.4, 0.5) is 0 Å². The average Bonchev–Trinajstić information content (AvgIpc) is 3.43. The van der Waals surface area contributed by atoms with Gasteiger partial charge in [-0.25, -0.2) is 8.42 Å². The molecule has 0 aliphatic heterocycles. The number of benzene rings is 1. The maximum atomic E-state index is 11.5. The largest absolute Gasteiger partial charge is 0.357 e. The van der Waals surface area contributed by atoms with Crippen molar-refractivity contribution < 1.29 is 8.42 Å². The van der Waals surface area contributed by atoms with E-state index in [1.165, 1.54) is 19.1 Å². The van der Waals surface area contributed by atoms with Crippen LogP contribution >= 0.6 is 0 Å². The summed E-state index contributed by atoms with van der Waals surface area (Å²) in [5.41, 5.74) is 1.10. The van der Waals surface area contributed by atoms with Gasteiger partial charge < -0.3 is 10.6 Å². The Labute approximate surface area is 158 Å². The summed E-state index contributed by atoms with van der Waals surface area (Å²) >= 11 is 0. The van der Waals surface area contributed by atoms with E-state index in [1.807, 2.05) is 12.1 Å². The number of aliphatic imine (C=N–C) groups is 1. The summed E-state index contributed by atoms with van der Waals surface area (Å²) in [4.78, 5) is 7.47. The molecule has 146 valence electrons. The van der Waals surface area contributed by atoms with Gasteiger partial charge >= 0.3 is 0 Å². The standard InChI is InChI=1S/C19H32N4O2S/c1-5-20-19(22-14-15(2)23(3)17-8-9-17)21-13-12-16-6-10-18(11-7-16)26(4,24)25/h6-7,10-11,15,17H,5,8-9,12-14H2,1-4H3,(H2,20,21,22). The van der Waals surface area contributed by atoms with Crippen LogP contribution in [0.3, 0.4) is 0 Å². The van der Waals surface area contributed by atoms with Gasteiger partial charge in [0.2, 0.25) is 0 Å². The van der Waals surface area contributed by atoms with E-state index in [1.54, 1.807) is 12.1 Å². The summed E-state index contributed by atoms with van der Waals surface area (Å²) in [6, 6.07) is 8.25. The molecule has 0 heterocycles. The number of sulfone groups is 1. The highest BCUT2D eigenvalue weighted by atomic mass is 32.2. The van der Waals surface area contributed by atoms with Gasteiger partial charge in [0.25, 0.3) is 0 Å². The van der Waals surface area contributed by atoms with Crippen LogP contribution in [0.2, 0.25) is 0 Å². The van der Waals surface area contributed by atoms with Crippen molar-refractivity contribution in [1.82, 2.24) is 15.5 Å². The van der Waals surface area contributed by atoms with E-state index in [9.17, 15) is 8.42 Å². The molecule has 0 saturated heterocycles. The number of nitrogens with zero attached hydrogens (tertiary/aromatic N) is 2. The zero-order valence-corrected chi connectivity index (χ0v) is 17.1. The third kappa shape index (κ3) is 6.61. The van der Waals surface area contributed by atoms with Crippen molar-refractivity contribution >= 4 is 15.8 Å². The highest BCUT2D eigenvalue weighted by Gasteiger charge is 2.28. The highest BCUT2D eigenvalue weighted by molar-refractivity contribution is 7.90. The molecule has 7 heteroatoms. The maximum Gasteiger partial charge on any atom is 0.191 e. The van der Waals surface area contributed by atoms with Crippen LogP contribution in [-0.2, 0) is 16.3 Å². The summed E-state index contributed by atoms with van der Waals surface area (Å²) in [7, 11) is -0.955. The van der Waals surface area contributed by atoms with Gasteiger partial charge in [-0.3, -0.25) is 9.89 Å². The van der Waals surface area contributed by atoms with Crippen molar-refractivity contribution in [2.45, 2.75) is 50.1 Å². The molecule has 1 aliphatic rings. The van der Waals surface area contributed by atoms with Gasteiger partial charge in [0.15, 0.2) is 15.8 Å². The molecule has 1 aliphatic carbocycles. The molecular formula is C19H32N4O2S. The molecule has 2 rings (SSSR count). The minimum atomic E-state index is -3.13. The van der Waals surface area contributed by atoms with Gasteiger partial charge in [-0.05, 0) is 57.9 Å². The molecule has 0 bridgehead atoms. The van der Waals surface area contributed by atoms with Crippen LogP contribution in [0.1, 0.15) is 32.3 Å². The fraction of sp³-hybridized carbons (Fsp3) is 0.632. The minimum absolute atomic E-state index is 0.359. The van der Waals surface area contributed by atoms with E-state index < -0.39 is 9.84 Å². The molecule has 0 amide bonds. The summed E-state index contributed by atoms with van der Waals surface area (Å²) in [6.45, 7) is 6.61. The second kappa shape index (κ2) is 9.37. The lowest BCUT2D eigenvalue weighted by Gasteiger charge is -2.23. The number of nitrogens with one attached hydrogen (secondary N) is 2. The predicted octanol–water partition coefficient (Wildman–Crippen LogP) is 1.67. The molecule has 26 heavy (non-hydrogen) atoms. The topological polar surface area (TPSA) is 73.8 Å². The normalized spacial score (nSPS) is 16.6. The average molecular weight is 381 g/mol. The van der Waals surface area contributed by atoms with E-state index >= 15 is 0 Å². The monoisotopic (exact) mass is 380 g/mol. The quantitative estimate of drug-likeness (QED) is 0.504. The molecule has 6 nitrogen and oxygen atoms in total. The van der Waals surface area contributed by atoms with E-state index in [2.05, 4.69) is 36.4 Å². The van der Waals surface area contributed by atoms with Crippen LogP contribution in [0, 0.1) is 0 Å². The molecule has 1 fully saturated rings. The van der Waals surface area contributed by atoms with Crippen molar-refractivity contribution in [3.63, 3.8) is 0 Å². The van der Waals surface area contributed by atoms with Gasteiger partial charge in [-0.2, -0.15) is 0 Å². The van der Waals surface area contributed by atoms with E-state index in [4.69, 9.17) is 4.99 Å².